The minimum absolute atomic E-state index is 0.0186. The second-order valence-electron chi connectivity index (χ2n) is 11.2. The van der Waals surface area contributed by atoms with Gasteiger partial charge < -0.3 is 9.80 Å². The van der Waals surface area contributed by atoms with Gasteiger partial charge in [-0.2, -0.15) is 4.31 Å². The van der Waals surface area contributed by atoms with Crippen molar-refractivity contribution in [1.29, 1.82) is 0 Å². The maximum Gasteiger partial charge on any atom is 0.238 e. The fraction of sp³-hybridized carbons (Fsp3) is 0.548. The minimum atomic E-state index is -3.55. The number of benzene rings is 2. The quantitative estimate of drug-likeness (QED) is 0.346. The van der Waals surface area contributed by atoms with Crippen molar-refractivity contribution in [2.24, 2.45) is 5.92 Å². The van der Waals surface area contributed by atoms with Gasteiger partial charge in [-0.1, -0.05) is 57.2 Å². The topological polar surface area (TPSA) is 78.0 Å². The van der Waals surface area contributed by atoms with E-state index in [-0.39, 0.29) is 42.4 Å². The molecule has 2 amide bonds. The van der Waals surface area contributed by atoms with Crippen molar-refractivity contribution in [2.75, 3.05) is 31.9 Å². The first-order chi connectivity index (χ1) is 19.0. The summed E-state index contributed by atoms with van der Waals surface area (Å²) in [5.41, 5.74) is 2.86. The molecular weight excluding hydrogens is 529 g/mol. The van der Waals surface area contributed by atoms with Crippen molar-refractivity contribution in [2.45, 2.75) is 72.4 Å². The van der Waals surface area contributed by atoms with Crippen LogP contribution in [-0.4, -0.2) is 72.3 Å². The summed E-state index contributed by atoms with van der Waals surface area (Å²) in [5.74, 6) is -0.227. The minimum Gasteiger partial charge on any atom is -0.342 e. The first-order valence-electron chi connectivity index (χ1n) is 14.3. The number of hydrogen-bond donors (Lipinski definition) is 0. The molecule has 0 N–H and O–H groups in total. The third kappa shape index (κ3) is 9.13. The van der Waals surface area contributed by atoms with Gasteiger partial charge >= 0.3 is 0 Å². The molecule has 1 aliphatic heterocycles. The molecule has 1 heterocycles. The van der Waals surface area contributed by atoms with Crippen LogP contribution in [0.1, 0.15) is 63.1 Å². The van der Waals surface area contributed by atoms with Gasteiger partial charge in [0.05, 0.1) is 18.7 Å². The number of hydrogen-bond acceptors (Lipinski definition) is 4. The summed E-state index contributed by atoms with van der Waals surface area (Å²) in [6.45, 7) is 9.48. The van der Waals surface area contributed by atoms with Gasteiger partial charge in [0, 0.05) is 32.2 Å². The molecule has 9 heteroatoms. The highest BCUT2D eigenvalue weighted by Gasteiger charge is 2.33. The van der Waals surface area contributed by atoms with Crippen LogP contribution < -0.4 is 0 Å². The van der Waals surface area contributed by atoms with Crippen LogP contribution >= 0.6 is 0 Å². The Morgan fingerprint density at radius 1 is 1.05 bits per heavy atom. The first kappa shape index (κ1) is 31.7. The zero-order valence-electron chi connectivity index (χ0n) is 24.3. The highest BCUT2D eigenvalue weighted by atomic mass is 32.2. The fourth-order valence-electron chi connectivity index (χ4n) is 5.05. The standard InChI is InChI=1S/C31H44FN3O4S/c1-5-20-40(38,39)34(19-14-24(2)3)23-31(37)35(22-27-9-7-6-8-25(27)4)29-15-17-33(18-16-29)30(36)21-26-10-12-28(32)13-11-26/h6-13,24,29H,5,14-23H2,1-4H3. The van der Waals surface area contributed by atoms with Gasteiger partial charge in [0.1, 0.15) is 5.82 Å². The van der Waals surface area contributed by atoms with E-state index in [0.717, 1.165) is 16.7 Å². The molecule has 2 aromatic carbocycles. The lowest BCUT2D eigenvalue weighted by molar-refractivity contribution is -0.137. The first-order valence-corrected chi connectivity index (χ1v) is 15.9. The molecule has 0 spiro atoms. The number of piperidine rings is 1. The SMILES string of the molecule is CCCS(=O)(=O)N(CCC(C)C)CC(=O)N(Cc1ccccc1C)C1CCN(C(=O)Cc2ccc(F)cc2)CC1. The van der Waals surface area contributed by atoms with Crippen molar-refractivity contribution in [3.8, 4) is 0 Å². The average molecular weight is 574 g/mol. The average Bonchev–Trinajstić information content (AvgIpc) is 2.91. The molecule has 1 aliphatic rings. The van der Waals surface area contributed by atoms with E-state index in [0.29, 0.717) is 57.8 Å². The van der Waals surface area contributed by atoms with Gasteiger partial charge in [-0.3, -0.25) is 9.59 Å². The van der Waals surface area contributed by atoms with Gasteiger partial charge in [0.15, 0.2) is 0 Å². The fourth-order valence-corrected chi connectivity index (χ4v) is 6.52. The summed E-state index contributed by atoms with van der Waals surface area (Å²) >= 11 is 0. The predicted octanol–water partition coefficient (Wildman–Crippen LogP) is 4.78. The van der Waals surface area contributed by atoms with E-state index in [9.17, 15) is 22.4 Å². The van der Waals surface area contributed by atoms with E-state index in [1.54, 1.807) is 17.0 Å². The van der Waals surface area contributed by atoms with Gasteiger partial charge in [-0.05, 0) is 67.3 Å². The molecule has 220 valence electrons. The Morgan fingerprint density at radius 3 is 2.30 bits per heavy atom. The highest BCUT2D eigenvalue weighted by molar-refractivity contribution is 7.89. The van der Waals surface area contributed by atoms with Gasteiger partial charge in [0.2, 0.25) is 21.8 Å². The largest absolute Gasteiger partial charge is 0.342 e. The monoisotopic (exact) mass is 573 g/mol. The summed E-state index contributed by atoms with van der Waals surface area (Å²) in [7, 11) is -3.55. The van der Waals surface area contributed by atoms with Gasteiger partial charge in [-0.15, -0.1) is 0 Å². The molecule has 0 bridgehead atoms. The van der Waals surface area contributed by atoms with Crippen LogP contribution in [0, 0.1) is 18.7 Å². The van der Waals surface area contributed by atoms with E-state index >= 15 is 0 Å². The number of halogens is 1. The predicted molar refractivity (Wildman–Crippen MR) is 157 cm³/mol. The summed E-state index contributed by atoms with van der Waals surface area (Å²) in [6, 6.07) is 13.8. The molecule has 2 aromatic rings. The lowest BCUT2D eigenvalue weighted by Crippen LogP contribution is -2.51. The van der Waals surface area contributed by atoms with E-state index in [1.807, 2.05) is 56.9 Å². The Hall–Kier alpha value is -2.78. The van der Waals surface area contributed by atoms with Crippen molar-refractivity contribution in [3.05, 3.63) is 71.0 Å². The van der Waals surface area contributed by atoms with E-state index in [1.165, 1.54) is 16.4 Å². The summed E-state index contributed by atoms with van der Waals surface area (Å²) < 4.78 is 40.7. The van der Waals surface area contributed by atoms with E-state index in [4.69, 9.17) is 0 Å². The smallest absolute Gasteiger partial charge is 0.238 e. The van der Waals surface area contributed by atoms with Crippen LogP contribution in [0.2, 0.25) is 0 Å². The third-order valence-corrected chi connectivity index (χ3v) is 9.59. The molecular formula is C31H44FN3O4S. The second kappa shape index (κ2) is 14.7. The normalized spacial score (nSPS) is 14.6. The molecule has 0 unspecified atom stereocenters. The number of rotatable bonds is 13. The van der Waals surface area contributed by atoms with Crippen molar-refractivity contribution >= 4 is 21.8 Å². The van der Waals surface area contributed by atoms with Crippen LogP contribution in [0.3, 0.4) is 0 Å². The number of aryl methyl sites for hydroxylation is 1. The molecule has 0 atom stereocenters. The number of sulfonamides is 1. The van der Waals surface area contributed by atoms with E-state index < -0.39 is 10.0 Å². The molecule has 0 aromatic heterocycles. The van der Waals surface area contributed by atoms with Crippen LogP contribution in [0.25, 0.3) is 0 Å². The maximum absolute atomic E-state index is 13.9. The number of carbonyl (C=O) groups is 2. The Bertz CT molecular complexity index is 1230. The molecule has 0 radical (unpaired) electrons. The Morgan fingerprint density at radius 2 is 1.70 bits per heavy atom. The van der Waals surface area contributed by atoms with Crippen molar-refractivity contribution < 1.29 is 22.4 Å². The maximum atomic E-state index is 13.9. The lowest BCUT2D eigenvalue weighted by atomic mass is 10.00. The molecule has 0 aliphatic carbocycles. The zero-order chi connectivity index (χ0) is 29.3. The second-order valence-corrected chi connectivity index (χ2v) is 13.3. The van der Waals surface area contributed by atoms with Gasteiger partial charge in [-0.25, -0.2) is 12.8 Å². The molecule has 1 fully saturated rings. The van der Waals surface area contributed by atoms with Gasteiger partial charge in [0.25, 0.3) is 0 Å². The van der Waals surface area contributed by atoms with Crippen molar-refractivity contribution in [1.82, 2.24) is 14.1 Å². The van der Waals surface area contributed by atoms with Crippen molar-refractivity contribution in [3.63, 3.8) is 0 Å². The number of likely N-dealkylation sites (tertiary alicyclic amines) is 1. The Labute approximate surface area is 239 Å². The van der Waals surface area contributed by atoms with Crippen LogP contribution in [0.4, 0.5) is 4.39 Å². The third-order valence-electron chi connectivity index (χ3n) is 7.57. The summed E-state index contributed by atoms with van der Waals surface area (Å²) in [6.07, 6.45) is 2.60. The lowest BCUT2D eigenvalue weighted by Gasteiger charge is -2.39. The number of carbonyl (C=O) groups excluding carboxylic acids is 2. The zero-order valence-corrected chi connectivity index (χ0v) is 25.1. The molecule has 7 nitrogen and oxygen atoms in total. The number of nitrogens with zero attached hydrogens (tertiary/aromatic N) is 3. The highest BCUT2D eigenvalue weighted by Crippen LogP contribution is 2.23. The molecule has 1 saturated heterocycles. The Balaban J connectivity index is 1.75. The summed E-state index contributed by atoms with van der Waals surface area (Å²) in [5, 5.41) is 0. The molecule has 0 saturated carbocycles. The Kier molecular flexibility index (Phi) is 11.7. The molecule has 40 heavy (non-hydrogen) atoms. The molecule has 3 rings (SSSR count). The van der Waals surface area contributed by atoms with E-state index in [2.05, 4.69) is 0 Å². The van der Waals surface area contributed by atoms with Crippen LogP contribution in [0.5, 0.6) is 0 Å². The van der Waals surface area contributed by atoms with Crippen LogP contribution in [-0.2, 0) is 32.6 Å². The van der Waals surface area contributed by atoms with Crippen LogP contribution in [0.15, 0.2) is 48.5 Å². The summed E-state index contributed by atoms with van der Waals surface area (Å²) in [4.78, 5) is 30.4. The number of amides is 2.